The molecular weight excluding hydrogens is 140 g/mol. The summed E-state index contributed by atoms with van der Waals surface area (Å²) in [6, 6.07) is 0. The number of hydrogen-bond acceptors (Lipinski definition) is 3. The molecule has 3 unspecified atom stereocenters. The molecule has 0 amide bonds. The molecule has 0 saturated carbocycles. The summed E-state index contributed by atoms with van der Waals surface area (Å²) in [6.07, 6.45) is 0.969. The van der Waals surface area contributed by atoms with Crippen LogP contribution in [-0.2, 0) is 4.74 Å². The lowest BCUT2D eigenvalue weighted by atomic mass is 10.1. The second-order valence-corrected chi connectivity index (χ2v) is 3.54. The molecule has 0 aromatic heterocycles. The monoisotopic (exact) mass is 158 g/mol. The van der Waals surface area contributed by atoms with Crippen molar-refractivity contribution in [2.75, 3.05) is 20.6 Å². The van der Waals surface area contributed by atoms with Gasteiger partial charge in [-0.15, -0.1) is 0 Å². The molecule has 1 rings (SSSR count). The van der Waals surface area contributed by atoms with Crippen molar-refractivity contribution in [2.24, 2.45) is 5.92 Å². The predicted molar refractivity (Wildman–Crippen MR) is 45.2 cm³/mol. The highest BCUT2D eigenvalue weighted by Gasteiger charge is 2.38. The molecule has 1 fully saturated rings. The van der Waals surface area contributed by atoms with E-state index in [2.05, 4.69) is 19.3 Å². The molecule has 1 aliphatic heterocycles. The maximum absolute atomic E-state index is 5.35. The first-order chi connectivity index (χ1) is 5.11. The van der Waals surface area contributed by atoms with Gasteiger partial charge in [-0.25, -0.2) is 0 Å². The molecule has 0 bridgehead atoms. The van der Waals surface area contributed by atoms with Crippen molar-refractivity contribution in [3.8, 4) is 0 Å². The molecule has 3 heteroatoms. The molecule has 0 aromatic carbocycles. The van der Waals surface area contributed by atoms with Gasteiger partial charge in [0.15, 0.2) is 0 Å². The van der Waals surface area contributed by atoms with Crippen LogP contribution in [0.1, 0.15) is 13.8 Å². The fourth-order valence-corrected chi connectivity index (χ4v) is 1.24. The van der Waals surface area contributed by atoms with E-state index in [-0.39, 0.29) is 0 Å². The van der Waals surface area contributed by atoms with Crippen molar-refractivity contribution >= 4 is 0 Å². The van der Waals surface area contributed by atoms with Gasteiger partial charge in [0.2, 0.25) is 0 Å². The summed E-state index contributed by atoms with van der Waals surface area (Å²) in [5.74, 6) is 0.618. The highest BCUT2D eigenvalue weighted by atomic mass is 16.6. The van der Waals surface area contributed by atoms with Gasteiger partial charge in [-0.05, 0) is 12.8 Å². The summed E-state index contributed by atoms with van der Waals surface area (Å²) in [6.45, 7) is 5.34. The molecular formula is C8H18N2O. The second kappa shape index (κ2) is 3.52. The molecule has 0 aliphatic carbocycles. The van der Waals surface area contributed by atoms with Crippen molar-refractivity contribution in [2.45, 2.75) is 26.1 Å². The topological polar surface area (TPSA) is 27.8 Å². The fraction of sp³-hybridized carbons (Fsp3) is 1.00. The van der Waals surface area contributed by atoms with Crippen LogP contribution in [0.25, 0.3) is 0 Å². The Morgan fingerprint density at radius 3 is 2.45 bits per heavy atom. The molecule has 1 saturated heterocycles. The van der Waals surface area contributed by atoms with Crippen molar-refractivity contribution < 1.29 is 4.74 Å². The minimum Gasteiger partial charge on any atom is -0.370 e. The Hall–Kier alpha value is -0.120. The first-order valence-electron chi connectivity index (χ1n) is 4.17. The summed E-state index contributed by atoms with van der Waals surface area (Å²) in [4.78, 5) is 0. The zero-order chi connectivity index (χ0) is 8.43. The van der Waals surface area contributed by atoms with Crippen LogP contribution in [0.5, 0.6) is 0 Å². The maximum atomic E-state index is 5.35. The van der Waals surface area contributed by atoms with Gasteiger partial charge in [-0.3, -0.25) is 10.4 Å². The van der Waals surface area contributed by atoms with Crippen LogP contribution in [0.15, 0.2) is 0 Å². The number of epoxide rings is 1. The van der Waals surface area contributed by atoms with E-state index in [1.165, 1.54) is 0 Å². The highest BCUT2D eigenvalue weighted by Crippen LogP contribution is 2.28. The lowest BCUT2D eigenvalue weighted by molar-refractivity contribution is 0.243. The molecule has 3 nitrogen and oxygen atoms in total. The molecule has 0 radical (unpaired) electrons. The van der Waals surface area contributed by atoms with Crippen LogP contribution >= 0.6 is 0 Å². The zero-order valence-electron chi connectivity index (χ0n) is 7.79. The van der Waals surface area contributed by atoms with Crippen LogP contribution < -0.4 is 5.43 Å². The van der Waals surface area contributed by atoms with E-state index >= 15 is 0 Å². The third-order valence-corrected chi connectivity index (χ3v) is 2.05. The summed E-state index contributed by atoms with van der Waals surface area (Å²) in [7, 11) is 4.01. The van der Waals surface area contributed by atoms with E-state index < -0.39 is 0 Å². The molecule has 0 spiro atoms. The Bertz CT molecular complexity index is 127. The molecule has 3 atom stereocenters. The average molecular weight is 158 g/mol. The van der Waals surface area contributed by atoms with Gasteiger partial charge < -0.3 is 4.74 Å². The Morgan fingerprint density at radius 1 is 1.55 bits per heavy atom. The summed E-state index contributed by atoms with van der Waals surface area (Å²) >= 11 is 0. The second-order valence-electron chi connectivity index (χ2n) is 3.54. The normalized spacial score (nSPS) is 32.5. The number of ether oxygens (including phenoxy) is 1. The third-order valence-electron chi connectivity index (χ3n) is 2.05. The minimum atomic E-state index is 0.481. The van der Waals surface area contributed by atoms with Gasteiger partial charge in [0.1, 0.15) is 0 Å². The summed E-state index contributed by atoms with van der Waals surface area (Å²) in [5.41, 5.74) is 3.24. The van der Waals surface area contributed by atoms with Crippen molar-refractivity contribution in [1.29, 1.82) is 0 Å². The van der Waals surface area contributed by atoms with Gasteiger partial charge in [0.05, 0.1) is 12.2 Å². The summed E-state index contributed by atoms with van der Waals surface area (Å²) < 4.78 is 5.35. The van der Waals surface area contributed by atoms with Crippen LogP contribution in [0.2, 0.25) is 0 Å². The molecule has 0 aromatic rings. The predicted octanol–water partition coefficient (Wildman–Crippen LogP) is 0.476. The Balaban J connectivity index is 2.07. The van der Waals surface area contributed by atoms with Crippen LogP contribution in [0, 0.1) is 5.92 Å². The van der Waals surface area contributed by atoms with Gasteiger partial charge in [-0.1, -0.05) is 6.92 Å². The Morgan fingerprint density at radius 2 is 2.09 bits per heavy atom. The SMILES string of the molecule is CC(CNN(C)C)C1OC1C. The lowest BCUT2D eigenvalue weighted by Crippen LogP contribution is -2.35. The maximum Gasteiger partial charge on any atom is 0.0877 e. The zero-order valence-corrected chi connectivity index (χ0v) is 7.79. The fourth-order valence-electron chi connectivity index (χ4n) is 1.24. The standard InChI is InChI=1S/C8H18N2O/c1-6(5-9-10(3)4)8-7(2)11-8/h6-9H,5H2,1-4H3. The number of hydrazine groups is 1. The minimum absolute atomic E-state index is 0.481. The average Bonchev–Trinajstić information content (AvgIpc) is 2.61. The first kappa shape index (κ1) is 8.97. The molecule has 1 aliphatic rings. The van der Waals surface area contributed by atoms with E-state index in [1.807, 2.05) is 19.1 Å². The van der Waals surface area contributed by atoms with Crippen molar-refractivity contribution in [1.82, 2.24) is 10.4 Å². The van der Waals surface area contributed by atoms with E-state index in [4.69, 9.17) is 4.74 Å². The lowest BCUT2D eigenvalue weighted by Gasteiger charge is -2.15. The van der Waals surface area contributed by atoms with Crippen molar-refractivity contribution in [3.05, 3.63) is 0 Å². The van der Waals surface area contributed by atoms with Gasteiger partial charge in [0, 0.05) is 20.6 Å². The number of hydrogen-bond donors (Lipinski definition) is 1. The quantitative estimate of drug-likeness (QED) is 0.476. The molecule has 1 N–H and O–H groups in total. The number of nitrogens with zero attached hydrogens (tertiary/aromatic N) is 1. The van der Waals surface area contributed by atoms with E-state index in [0.29, 0.717) is 18.1 Å². The van der Waals surface area contributed by atoms with Gasteiger partial charge in [0.25, 0.3) is 0 Å². The van der Waals surface area contributed by atoms with Crippen LogP contribution in [-0.4, -0.2) is 37.9 Å². The number of nitrogens with one attached hydrogen (secondary N) is 1. The van der Waals surface area contributed by atoms with E-state index in [9.17, 15) is 0 Å². The smallest absolute Gasteiger partial charge is 0.0877 e. The largest absolute Gasteiger partial charge is 0.370 e. The molecule has 11 heavy (non-hydrogen) atoms. The third kappa shape index (κ3) is 2.77. The first-order valence-corrected chi connectivity index (χ1v) is 4.17. The Labute approximate surface area is 68.7 Å². The Kier molecular flexibility index (Phi) is 2.87. The highest BCUT2D eigenvalue weighted by molar-refractivity contribution is 4.85. The van der Waals surface area contributed by atoms with Crippen LogP contribution in [0.4, 0.5) is 0 Å². The van der Waals surface area contributed by atoms with Gasteiger partial charge >= 0.3 is 0 Å². The van der Waals surface area contributed by atoms with Crippen LogP contribution in [0.3, 0.4) is 0 Å². The summed E-state index contributed by atoms with van der Waals surface area (Å²) in [5, 5.41) is 1.98. The van der Waals surface area contributed by atoms with E-state index in [1.54, 1.807) is 0 Å². The molecule has 66 valence electrons. The van der Waals surface area contributed by atoms with Crippen molar-refractivity contribution in [3.63, 3.8) is 0 Å². The van der Waals surface area contributed by atoms with E-state index in [0.717, 1.165) is 6.54 Å². The van der Waals surface area contributed by atoms with Gasteiger partial charge in [-0.2, -0.15) is 0 Å². The number of rotatable bonds is 4. The molecule has 1 heterocycles.